The van der Waals surface area contributed by atoms with E-state index in [1.807, 2.05) is 18.2 Å². The molecule has 0 saturated heterocycles. The maximum Gasteiger partial charge on any atom is 0.256 e. The molecule has 3 rings (SSSR count). The lowest BCUT2D eigenvalue weighted by Gasteiger charge is -2.10. The molecule has 1 heterocycles. The molecule has 0 aliphatic rings. The average Bonchev–Trinajstić information content (AvgIpc) is 2.97. The van der Waals surface area contributed by atoms with Crippen LogP contribution >= 0.6 is 45.8 Å². The number of hydrogen-bond donors (Lipinski definition) is 1. The highest BCUT2D eigenvalue weighted by Crippen LogP contribution is 2.23. The first-order chi connectivity index (χ1) is 11.5. The van der Waals surface area contributed by atoms with Crippen molar-refractivity contribution in [3.8, 4) is 0 Å². The van der Waals surface area contributed by atoms with Crippen molar-refractivity contribution >= 4 is 57.5 Å². The molecule has 3 aromatic rings. The van der Waals surface area contributed by atoms with Crippen LogP contribution < -0.4 is 5.32 Å². The molecule has 2 aromatic carbocycles. The van der Waals surface area contributed by atoms with Gasteiger partial charge in [-0.1, -0.05) is 29.3 Å². The third kappa shape index (κ3) is 4.09. The van der Waals surface area contributed by atoms with Gasteiger partial charge in [-0.05, 0) is 64.6 Å². The van der Waals surface area contributed by atoms with Crippen molar-refractivity contribution in [3.63, 3.8) is 0 Å². The number of amides is 1. The minimum absolute atomic E-state index is 0.185. The molecule has 0 aliphatic carbocycles. The van der Waals surface area contributed by atoms with Crippen molar-refractivity contribution in [2.45, 2.75) is 6.54 Å². The van der Waals surface area contributed by atoms with Crippen LogP contribution in [0.5, 0.6) is 0 Å². The third-order valence-corrected chi connectivity index (χ3v) is 4.71. The van der Waals surface area contributed by atoms with Crippen LogP contribution in [-0.4, -0.2) is 15.7 Å². The summed E-state index contributed by atoms with van der Waals surface area (Å²) in [6.07, 6.45) is 1.63. The van der Waals surface area contributed by atoms with E-state index in [4.69, 9.17) is 23.2 Å². The summed E-state index contributed by atoms with van der Waals surface area (Å²) < 4.78 is 2.76. The second-order valence-electron chi connectivity index (χ2n) is 5.07. The normalized spacial score (nSPS) is 10.6. The number of rotatable bonds is 4. The van der Waals surface area contributed by atoms with Gasteiger partial charge in [0.1, 0.15) is 5.82 Å². The van der Waals surface area contributed by atoms with Crippen LogP contribution in [0.3, 0.4) is 0 Å². The Morgan fingerprint density at radius 1 is 1.12 bits per heavy atom. The van der Waals surface area contributed by atoms with Gasteiger partial charge in [-0.2, -0.15) is 5.10 Å². The van der Waals surface area contributed by atoms with Gasteiger partial charge in [0.15, 0.2) is 0 Å². The molecule has 0 spiro atoms. The van der Waals surface area contributed by atoms with Gasteiger partial charge in [-0.15, -0.1) is 0 Å². The Morgan fingerprint density at radius 3 is 2.58 bits per heavy atom. The fourth-order valence-corrected chi connectivity index (χ4v) is 2.99. The second-order valence-corrected chi connectivity index (χ2v) is 7.16. The van der Waals surface area contributed by atoms with E-state index in [0.717, 1.165) is 9.13 Å². The first-order valence-corrected chi connectivity index (χ1v) is 8.89. The Kier molecular flexibility index (Phi) is 5.43. The van der Waals surface area contributed by atoms with E-state index in [9.17, 15) is 4.79 Å². The first-order valence-electron chi connectivity index (χ1n) is 7.05. The molecule has 0 saturated carbocycles. The van der Waals surface area contributed by atoms with Crippen molar-refractivity contribution in [3.05, 3.63) is 79.5 Å². The summed E-state index contributed by atoms with van der Waals surface area (Å²) in [6, 6.07) is 14.4. The molecule has 0 radical (unpaired) electrons. The monoisotopic (exact) mass is 471 g/mol. The van der Waals surface area contributed by atoms with E-state index in [-0.39, 0.29) is 5.91 Å². The molecule has 0 fully saturated rings. The lowest BCUT2D eigenvalue weighted by atomic mass is 10.2. The standard InChI is InChI=1S/C17H12Cl2IN3O/c18-13-4-1-12(15(19)9-13)10-23-16(7-8-21-23)22-17(24)11-2-5-14(20)6-3-11/h1-9H,10H2,(H,22,24). The van der Waals surface area contributed by atoms with Crippen molar-refractivity contribution < 1.29 is 4.79 Å². The van der Waals surface area contributed by atoms with Gasteiger partial charge >= 0.3 is 0 Å². The highest BCUT2D eigenvalue weighted by atomic mass is 127. The van der Waals surface area contributed by atoms with Gasteiger partial charge in [0, 0.05) is 25.2 Å². The quantitative estimate of drug-likeness (QED) is 0.538. The molecule has 0 aliphatic heterocycles. The summed E-state index contributed by atoms with van der Waals surface area (Å²) in [6.45, 7) is 0.436. The lowest BCUT2D eigenvalue weighted by molar-refractivity contribution is 0.102. The Bertz CT molecular complexity index is 878. The number of hydrogen-bond acceptors (Lipinski definition) is 2. The largest absolute Gasteiger partial charge is 0.307 e. The molecule has 0 unspecified atom stereocenters. The zero-order chi connectivity index (χ0) is 17.1. The zero-order valence-electron chi connectivity index (χ0n) is 12.3. The molecule has 0 bridgehead atoms. The minimum Gasteiger partial charge on any atom is -0.307 e. The number of nitrogens with zero attached hydrogens (tertiary/aromatic N) is 2. The number of halogens is 3. The number of benzene rings is 2. The van der Waals surface area contributed by atoms with Crippen molar-refractivity contribution in [2.24, 2.45) is 0 Å². The Hall–Kier alpha value is -1.57. The van der Waals surface area contributed by atoms with Gasteiger partial charge in [0.2, 0.25) is 0 Å². The highest BCUT2D eigenvalue weighted by molar-refractivity contribution is 14.1. The fraction of sp³-hybridized carbons (Fsp3) is 0.0588. The first kappa shape index (κ1) is 17.3. The summed E-state index contributed by atoms with van der Waals surface area (Å²) in [5.41, 5.74) is 1.46. The van der Waals surface area contributed by atoms with Crippen molar-refractivity contribution in [2.75, 3.05) is 5.32 Å². The van der Waals surface area contributed by atoms with Crippen LogP contribution in [0.4, 0.5) is 5.82 Å². The predicted molar refractivity (Wildman–Crippen MR) is 105 cm³/mol. The van der Waals surface area contributed by atoms with E-state index in [2.05, 4.69) is 33.0 Å². The van der Waals surface area contributed by atoms with Crippen molar-refractivity contribution in [1.82, 2.24) is 9.78 Å². The average molecular weight is 472 g/mol. The second kappa shape index (κ2) is 7.55. The topological polar surface area (TPSA) is 46.9 Å². The molecule has 1 aromatic heterocycles. The maximum absolute atomic E-state index is 12.3. The zero-order valence-corrected chi connectivity index (χ0v) is 16.0. The molecule has 122 valence electrons. The fourth-order valence-electron chi connectivity index (χ4n) is 2.17. The Morgan fingerprint density at radius 2 is 1.88 bits per heavy atom. The number of anilines is 1. The van der Waals surface area contributed by atoms with Gasteiger partial charge < -0.3 is 5.32 Å². The third-order valence-electron chi connectivity index (χ3n) is 3.40. The van der Waals surface area contributed by atoms with E-state index in [1.165, 1.54) is 0 Å². The van der Waals surface area contributed by atoms with E-state index >= 15 is 0 Å². The molecular weight excluding hydrogens is 460 g/mol. The molecule has 4 nitrogen and oxygen atoms in total. The molecule has 1 amide bonds. The van der Waals surface area contributed by atoms with Crippen LogP contribution in [0, 0.1) is 3.57 Å². The summed E-state index contributed by atoms with van der Waals surface area (Å²) in [4.78, 5) is 12.3. The summed E-state index contributed by atoms with van der Waals surface area (Å²) in [5, 5.41) is 8.26. The number of nitrogens with one attached hydrogen (secondary N) is 1. The molecule has 1 N–H and O–H groups in total. The van der Waals surface area contributed by atoms with Crippen LogP contribution in [0.2, 0.25) is 10.0 Å². The van der Waals surface area contributed by atoms with Gasteiger partial charge in [-0.25, -0.2) is 4.68 Å². The number of aromatic nitrogens is 2. The number of carbonyl (C=O) groups is 1. The van der Waals surface area contributed by atoms with E-state index in [1.54, 1.807) is 41.2 Å². The van der Waals surface area contributed by atoms with Gasteiger partial charge in [0.25, 0.3) is 5.91 Å². The highest BCUT2D eigenvalue weighted by Gasteiger charge is 2.11. The molecule has 24 heavy (non-hydrogen) atoms. The summed E-state index contributed by atoms with van der Waals surface area (Å²) >= 11 is 14.3. The van der Waals surface area contributed by atoms with Gasteiger partial charge in [-0.3, -0.25) is 4.79 Å². The lowest BCUT2D eigenvalue weighted by Crippen LogP contribution is -2.16. The molecular formula is C17H12Cl2IN3O. The van der Waals surface area contributed by atoms with Crippen LogP contribution in [0.15, 0.2) is 54.7 Å². The van der Waals surface area contributed by atoms with Gasteiger partial charge in [0.05, 0.1) is 12.7 Å². The Labute approximate surface area is 162 Å². The smallest absolute Gasteiger partial charge is 0.256 e. The molecule has 0 atom stereocenters. The van der Waals surface area contributed by atoms with E-state index < -0.39 is 0 Å². The van der Waals surface area contributed by atoms with E-state index in [0.29, 0.717) is 28.0 Å². The predicted octanol–water partition coefficient (Wildman–Crippen LogP) is 5.10. The molecule has 7 heteroatoms. The maximum atomic E-state index is 12.3. The summed E-state index contributed by atoms with van der Waals surface area (Å²) in [5.74, 6) is 0.417. The minimum atomic E-state index is -0.185. The van der Waals surface area contributed by atoms with Crippen molar-refractivity contribution in [1.29, 1.82) is 0 Å². The SMILES string of the molecule is O=C(Nc1ccnn1Cc1ccc(Cl)cc1Cl)c1ccc(I)cc1. The number of carbonyl (C=O) groups excluding carboxylic acids is 1. The van der Waals surface area contributed by atoms with Crippen LogP contribution in [0.1, 0.15) is 15.9 Å². The van der Waals surface area contributed by atoms with Crippen LogP contribution in [0.25, 0.3) is 0 Å². The summed E-state index contributed by atoms with van der Waals surface area (Å²) in [7, 11) is 0. The Balaban J connectivity index is 1.77. The van der Waals surface area contributed by atoms with Crippen LogP contribution in [-0.2, 0) is 6.54 Å².